The van der Waals surface area contributed by atoms with Crippen molar-refractivity contribution in [3.05, 3.63) is 66.2 Å². The Morgan fingerprint density at radius 1 is 1.17 bits per heavy atom. The molecule has 2 atom stereocenters. The first-order valence-corrected chi connectivity index (χ1v) is 8.20. The number of nitrogens with one attached hydrogen (secondary N) is 1. The molecule has 0 radical (unpaired) electrons. The van der Waals surface area contributed by atoms with Gasteiger partial charge in [-0.2, -0.15) is 0 Å². The Labute approximate surface area is 144 Å². The largest absolute Gasteiger partial charge is 0.323 e. The molecule has 1 N–H and O–H groups in total. The standard InChI is InChI=1S/C19H15FN2OS/c20-18-14-7-8-21-10-12(14)3-6-17(18)22-19(23)16-9-15(16)11-1-4-13(24)5-2-11/h1-8,10,15-16,24H,9H2,(H,22,23)/t15-,16+/m0/s1. The minimum absolute atomic E-state index is 0.108. The molecule has 4 rings (SSSR count). The predicted octanol–water partition coefficient (Wildman–Crippen LogP) is 4.40. The Hall–Kier alpha value is -2.40. The van der Waals surface area contributed by atoms with Crippen LogP contribution < -0.4 is 5.32 Å². The SMILES string of the molecule is O=C(Nc1ccc2cnccc2c1F)[C@@H]1C[C@H]1c1ccc(S)cc1. The smallest absolute Gasteiger partial charge is 0.228 e. The fraction of sp³-hybridized carbons (Fsp3) is 0.158. The summed E-state index contributed by atoms with van der Waals surface area (Å²) >= 11 is 4.26. The maximum absolute atomic E-state index is 14.5. The van der Waals surface area contributed by atoms with Crippen LogP contribution in [-0.2, 0) is 4.79 Å². The van der Waals surface area contributed by atoms with Gasteiger partial charge in [-0.25, -0.2) is 4.39 Å². The average Bonchev–Trinajstić information content (AvgIpc) is 3.39. The first kappa shape index (κ1) is 15.1. The second kappa shape index (κ2) is 5.91. The van der Waals surface area contributed by atoms with E-state index in [0.29, 0.717) is 10.8 Å². The number of fused-ring (bicyclic) bond motifs is 1. The zero-order chi connectivity index (χ0) is 16.7. The summed E-state index contributed by atoms with van der Waals surface area (Å²) in [6, 6.07) is 12.8. The summed E-state index contributed by atoms with van der Waals surface area (Å²) in [6.07, 6.45) is 3.93. The van der Waals surface area contributed by atoms with Crippen LogP contribution in [0.2, 0.25) is 0 Å². The third-order valence-corrected chi connectivity index (χ3v) is 4.76. The van der Waals surface area contributed by atoms with Gasteiger partial charge in [0.1, 0.15) is 0 Å². The van der Waals surface area contributed by atoms with Gasteiger partial charge in [-0.15, -0.1) is 12.6 Å². The third-order valence-electron chi connectivity index (χ3n) is 4.46. The maximum Gasteiger partial charge on any atom is 0.228 e. The molecule has 0 saturated heterocycles. The molecular formula is C19H15FN2OS. The molecule has 1 aromatic heterocycles. The lowest BCUT2D eigenvalue weighted by molar-refractivity contribution is -0.117. The Kier molecular flexibility index (Phi) is 3.73. The van der Waals surface area contributed by atoms with Crippen LogP contribution in [0.25, 0.3) is 10.8 Å². The highest BCUT2D eigenvalue weighted by atomic mass is 32.1. The monoisotopic (exact) mass is 338 g/mol. The van der Waals surface area contributed by atoms with Crippen LogP contribution in [0.4, 0.5) is 10.1 Å². The van der Waals surface area contributed by atoms with Gasteiger partial charge in [-0.3, -0.25) is 9.78 Å². The number of carbonyl (C=O) groups is 1. The molecular weight excluding hydrogens is 323 g/mol. The molecule has 0 aliphatic heterocycles. The Balaban J connectivity index is 1.51. The van der Waals surface area contributed by atoms with Crippen molar-refractivity contribution in [2.45, 2.75) is 17.2 Å². The van der Waals surface area contributed by atoms with Gasteiger partial charge >= 0.3 is 0 Å². The van der Waals surface area contributed by atoms with Crippen LogP contribution >= 0.6 is 12.6 Å². The fourth-order valence-electron chi connectivity index (χ4n) is 3.03. The van der Waals surface area contributed by atoms with Crippen molar-refractivity contribution >= 4 is 35.0 Å². The number of hydrogen-bond acceptors (Lipinski definition) is 3. The minimum Gasteiger partial charge on any atom is -0.323 e. The lowest BCUT2D eigenvalue weighted by Gasteiger charge is -2.08. The van der Waals surface area contributed by atoms with E-state index < -0.39 is 5.82 Å². The molecule has 0 spiro atoms. The lowest BCUT2D eigenvalue weighted by atomic mass is 10.1. The molecule has 3 aromatic rings. The van der Waals surface area contributed by atoms with E-state index in [2.05, 4.69) is 22.9 Å². The van der Waals surface area contributed by atoms with Gasteiger partial charge in [-0.05, 0) is 42.2 Å². The third kappa shape index (κ3) is 2.76. The van der Waals surface area contributed by atoms with E-state index in [1.165, 1.54) is 0 Å². The molecule has 3 nitrogen and oxygen atoms in total. The molecule has 1 aliphatic rings. The van der Waals surface area contributed by atoms with Crippen LogP contribution in [-0.4, -0.2) is 10.9 Å². The molecule has 1 aliphatic carbocycles. The number of hydrogen-bond donors (Lipinski definition) is 2. The highest BCUT2D eigenvalue weighted by Gasteiger charge is 2.44. The maximum atomic E-state index is 14.5. The van der Waals surface area contributed by atoms with E-state index in [0.717, 1.165) is 16.9 Å². The number of thiol groups is 1. The van der Waals surface area contributed by atoms with Crippen molar-refractivity contribution in [1.29, 1.82) is 0 Å². The summed E-state index contributed by atoms with van der Waals surface area (Å²) < 4.78 is 14.5. The van der Waals surface area contributed by atoms with Crippen LogP contribution in [0.5, 0.6) is 0 Å². The topological polar surface area (TPSA) is 42.0 Å². The lowest BCUT2D eigenvalue weighted by Crippen LogP contribution is -2.15. The molecule has 120 valence electrons. The van der Waals surface area contributed by atoms with Crippen LogP contribution in [0, 0.1) is 11.7 Å². The Morgan fingerprint density at radius 2 is 1.96 bits per heavy atom. The highest BCUT2D eigenvalue weighted by Crippen LogP contribution is 2.48. The number of aromatic nitrogens is 1. The van der Waals surface area contributed by atoms with E-state index in [9.17, 15) is 9.18 Å². The van der Waals surface area contributed by atoms with Crippen LogP contribution in [0.1, 0.15) is 17.9 Å². The molecule has 1 saturated carbocycles. The number of nitrogens with zero attached hydrogens (tertiary/aromatic N) is 1. The molecule has 1 fully saturated rings. The number of amides is 1. The van der Waals surface area contributed by atoms with Crippen molar-refractivity contribution in [3.8, 4) is 0 Å². The van der Waals surface area contributed by atoms with E-state index in [4.69, 9.17) is 0 Å². The fourth-order valence-corrected chi connectivity index (χ4v) is 3.18. The van der Waals surface area contributed by atoms with E-state index in [-0.39, 0.29) is 23.4 Å². The van der Waals surface area contributed by atoms with E-state index in [1.807, 2.05) is 24.3 Å². The molecule has 1 amide bonds. The van der Waals surface area contributed by atoms with Gasteiger partial charge in [0.15, 0.2) is 5.82 Å². The summed E-state index contributed by atoms with van der Waals surface area (Å²) in [7, 11) is 0. The first-order valence-electron chi connectivity index (χ1n) is 7.75. The number of rotatable bonds is 3. The molecule has 5 heteroatoms. The van der Waals surface area contributed by atoms with Gasteiger partial charge in [0, 0.05) is 34.0 Å². The Bertz CT molecular complexity index is 926. The molecule has 1 heterocycles. The number of pyridine rings is 1. The van der Waals surface area contributed by atoms with Crippen LogP contribution in [0.3, 0.4) is 0 Å². The van der Waals surface area contributed by atoms with Crippen molar-refractivity contribution in [2.75, 3.05) is 5.32 Å². The van der Waals surface area contributed by atoms with Gasteiger partial charge in [0.25, 0.3) is 0 Å². The van der Waals surface area contributed by atoms with Gasteiger partial charge in [0.05, 0.1) is 5.69 Å². The van der Waals surface area contributed by atoms with Gasteiger partial charge in [0.2, 0.25) is 5.91 Å². The van der Waals surface area contributed by atoms with E-state index in [1.54, 1.807) is 30.6 Å². The summed E-state index contributed by atoms with van der Waals surface area (Å²) in [5.41, 5.74) is 1.34. The molecule has 2 aromatic carbocycles. The molecule has 0 bridgehead atoms. The number of benzene rings is 2. The average molecular weight is 338 g/mol. The number of anilines is 1. The number of halogens is 1. The van der Waals surface area contributed by atoms with Crippen molar-refractivity contribution in [2.24, 2.45) is 5.92 Å². The van der Waals surface area contributed by atoms with E-state index >= 15 is 0 Å². The quantitative estimate of drug-likeness (QED) is 0.695. The summed E-state index contributed by atoms with van der Waals surface area (Å²) in [4.78, 5) is 17.3. The first-order chi connectivity index (χ1) is 11.6. The summed E-state index contributed by atoms with van der Waals surface area (Å²) in [5, 5.41) is 3.90. The van der Waals surface area contributed by atoms with Crippen LogP contribution in [0.15, 0.2) is 59.8 Å². The minimum atomic E-state index is -0.417. The number of carbonyl (C=O) groups excluding carboxylic acids is 1. The van der Waals surface area contributed by atoms with Gasteiger partial charge in [-0.1, -0.05) is 18.2 Å². The zero-order valence-electron chi connectivity index (χ0n) is 12.7. The normalized spacial score (nSPS) is 19.2. The highest BCUT2D eigenvalue weighted by molar-refractivity contribution is 7.80. The van der Waals surface area contributed by atoms with Crippen molar-refractivity contribution in [1.82, 2.24) is 4.98 Å². The molecule has 24 heavy (non-hydrogen) atoms. The summed E-state index contributed by atoms with van der Waals surface area (Å²) in [6.45, 7) is 0. The second-order valence-corrected chi connectivity index (χ2v) is 6.57. The summed E-state index contributed by atoms with van der Waals surface area (Å²) in [5.74, 6) is -0.461. The predicted molar refractivity (Wildman–Crippen MR) is 94.9 cm³/mol. The van der Waals surface area contributed by atoms with Gasteiger partial charge < -0.3 is 5.32 Å². The zero-order valence-corrected chi connectivity index (χ0v) is 13.6. The second-order valence-electron chi connectivity index (χ2n) is 6.05. The van der Waals surface area contributed by atoms with Crippen molar-refractivity contribution in [3.63, 3.8) is 0 Å². The molecule has 0 unspecified atom stereocenters. The van der Waals surface area contributed by atoms with Crippen molar-refractivity contribution < 1.29 is 9.18 Å². The Morgan fingerprint density at radius 3 is 2.75 bits per heavy atom.